The Balaban J connectivity index is 2.98. The van der Waals surface area contributed by atoms with Gasteiger partial charge in [0.2, 0.25) is 12.2 Å². The molecule has 0 aliphatic rings. The summed E-state index contributed by atoms with van der Waals surface area (Å²) in [4.78, 5) is 34.2. The van der Waals surface area contributed by atoms with Crippen LogP contribution in [-0.2, 0) is 23.9 Å². The highest BCUT2D eigenvalue weighted by Crippen LogP contribution is 2.21. The first kappa shape index (κ1) is 16.4. The second-order valence-corrected chi connectivity index (χ2v) is 4.40. The van der Waals surface area contributed by atoms with Gasteiger partial charge in [0.1, 0.15) is 0 Å². The normalized spacial score (nSPS) is 12.9. The molecule has 1 aromatic rings. The van der Waals surface area contributed by atoms with E-state index in [9.17, 15) is 14.4 Å². The average molecular weight is 292 g/mol. The monoisotopic (exact) mass is 292 g/mol. The van der Waals surface area contributed by atoms with Gasteiger partial charge >= 0.3 is 17.9 Å². The van der Waals surface area contributed by atoms with E-state index in [0.717, 1.165) is 6.92 Å². The van der Waals surface area contributed by atoms with E-state index in [-0.39, 0.29) is 5.57 Å². The second kappa shape index (κ2) is 7.23. The lowest BCUT2D eigenvalue weighted by molar-refractivity contribution is -0.174. The van der Waals surface area contributed by atoms with Gasteiger partial charge < -0.3 is 14.6 Å². The van der Waals surface area contributed by atoms with Crippen LogP contribution in [0.2, 0.25) is 0 Å². The molecule has 21 heavy (non-hydrogen) atoms. The van der Waals surface area contributed by atoms with Crippen LogP contribution in [0.1, 0.15) is 25.5 Å². The molecule has 0 heterocycles. The van der Waals surface area contributed by atoms with Gasteiger partial charge in [0.25, 0.3) is 0 Å². The van der Waals surface area contributed by atoms with Gasteiger partial charge in [0.05, 0.1) is 0 Å². The highest BCUT2D eigenvalue weighted by Gasteiger charge is 2.31. The van der Waals surface area contributed by atoms with Crippen molar-refractivity contribution in [2.45, 2.75) is 26.1 Å². The number of benzene rings is 1. The molecule has 0 bridgehead atoms. The maximum absolute atomic E-state index is 12.1. The Hall–Kier alpha value is -2.63. The molecule has 0 saturated heterocycles. The highest BCUT2D eigenvalue weighted by atomic mass is 16.6. The summed E-state index contributed by atoms with van der Waals surface area (Å²) in [7, 11) is 0. The van der Waals surface area contributed by atoms with Crippen molar-refractivity contribution in [3.8, 4) is 0 Å². The molecular weight excluding hydrogens is 276 g/mol. The van der Waals surface area contributed by atoms with Crippen molar-refractivity contribution in [1.29, 1.82) is 0 Å². The van der Waals surface area contributed by atoms with Gasteiger partial charge in [0, 0.05) is 12.5 Å². The number of carbonyl (C=O) groups is 3. The minimum Gasteiger partial charge on any atom is -0.478 e. The van der Waals surface area contributed by atoms with Crippen LogP contribution in [0.4, 0.5) is 0 Å². The number of ether oxygens (including phenoxy) is 2. The smallest absolute Gasteiger partial charge is 0.353 e. The molecule has 0 aliphatic carbocycles. The molecule has 0 unspecified atom stereocenters. The third-order valence-corrected chi connectivity index (χ3v) is 2.51. The van der Waals surface area contributed by atoms with Crippen LogP contribution in [0, 0.1) is 0 Å². The van der Waals surface area contributed by atoms with Gasteiger partial charge in [-0.3, -0.25) is 4.79 Å². The molecule has 0 aromatic heterocycles. The Bertz CT molecular complexity index is 535. The number of hydrogen-bond donors (Lipinski definition) is 1. The first-order valence-electron chi connectivity index (χ1n) is 6.13. The van der Waals surface area contributed by atoms with Crippen LogP contribution in [0.5, 0.6) is 0 Å². The van der Waals surface area contributed by atoms with Gasteiger partial charge in [-0.2, -0.15) is 0 Å². The predicted molar refractivity (Wildman–Crippen MR) is 73.3 cm³/mol. The third kappa shape index (κ3) is 4.76. The molecule has 0 fully saturated rings. The van der Waals surface area contributed by atoms with E-state index >= 15 is 0 Å². The summed E-state index contributed by atoms with van der Waals surface area (Å²) in [5.41, 5.74) is 0.550. The number of carboxylic acids is 1. The van der Waals surface area contributed by atoms with Gasteiger partial charge in [-0.15, -0.1) is 0 Å². The quantitative estimate of drug-likeness (QED) is 0.636. The molecule has 112 valence electrons. The van der Waals surface area contributed by atoms with E-state index in [1.165, 1.54) is 6.92 Å². The molecule has 1 aromatic carbocycles. The van der Waals surface area contributed by atoms with Crippen LogP contribution in [0.25, 0.3) is 0 Å². The SMILES string of the molecule is C=C(C)[C@H](OC(=O)[C@@H](OC(C)=O)c1ccccc1)C(=O)O. The maximum atomic E-state index is 12.1. The van der Waals surface area contributed by atoms with Crippen LogP contribution < -0.4 is 0 Å². The molecule has 0 radical (unpaired) electrons. The minimum absolute atomic E-state index is 0.158. The molecule has 0 amide bonds. The van der Waals surface area contributed by atoms with E-state index in [2.05, 4.69) is 6.58 Å². The lowest BCUT2D eigenvalue weighted by atomic mass is 10.1. The number of aliphatic carboxylic acids is 1. The minimum atomic E-state index is -1.49. The number of carboxylic acid groups (broad SMARTS) is 1. The summed E-state index contributed by atoms with van der Waals surface area (Å²) in [6.45, 7) is 6.03. The summed E-state index contributed by atoms with van der Waals surface area (Å²) >= 11 is 0. The summed E-state index contributed by atoms with van der Waals surface area (Å²) in [6, 6.07) is 8.20. The molecule has 0 spiro atoms. The van der Waals surface area contributed by atoms with Crippen molar-refractivity contribution < 1.29 is 29.0 Å². The molecule has 0 aliphatic heterocycles. The fourth-order valence-corrected chi connectivity index (χ4v) is 1.59. The van der Waals surface area contributed by atoms with E-state index in [0.29, 0.717) is 5.56 Å². The third-order valence-electron chi connectivity index (χ3n) is 2.51. The highest BCUT2D eigenvalue weighted by molar-refractivity contribution is 5.84. The van der Waals surface area contributed by atoms with Crippen molar-refractivity contribution in [3.63, 3.8) is 0 Å². The predicted octanol–water partition coefficient (Wildman–Crippen LogP) is 1.86. The summed E-state index contributed by atoms with van der Waals surface area (Å²) in [6.07, 6.45) is -2.80. The molecule has 6 nitrogen and oxygen atoms in total. The van der Waals surface area contributed by atoms with Crippen LogP contribution in [-0.4, -0.2) is 29.1 Å². The van der Waals surface area contributed by atoms with E-state index in [1.807, 2.05) is 0 Å². The molecule has 2 atom stereocenters. The van der Waals surface area contributed by atoms with Crippen molar-refractivity contribution in [2.24, 2.45) is 0 Å². The zero-order valence-corrected chi connectivity index (χ0v) is 11.7. The van der Waals surface area contributed by atoms with Crippen molar-refractivity contribution in [2.75, 3.05) is 0 Å². The Labute approximate surface area is 122 Å². The largest absolute Gasteiger partial charge is 0.478 e. The van der Waals surface area contributed by atoms with Crippen LogP contribution in [0.15, 0.2) is 42.5 Å². The maximum Gasteiger partial charge on any atom is 0.353 e. The lowest BCUT2D eigenvalue weighted by Crippen LogP contribution is -2.31. The number of hydrogen-bond acceptors (Lipinski definition) is 5. The Kier molecular flexibility index (Phi) is 5.66. The standard InChI is InChI=1S/C15H16O6/c1-9(2)12(14(17)18)21-15(19)13(20-10(3)16)11-7-5-4-6-8-11/h4-8,12-13H,1H2,2-3H3,(H,17,18)/t12-,13-/m0/s1. The zero-order valence-electron chi connectivity index (χ0n) is 11.7. The second-order valence-electron chi connectivity index (χ2n) is 4.40. The van der Waals surface area contributed by atoms with E-state index in [4.69, 9.17) is 14.6 Å². The van der Waals surface area contributed by atoms with Crippen molar-refractivity contribution >= 4 is 17.9 Å². The van der Waals surface area contributed by atoms with E-state index in [1.54, 1.807) is 30.3 Å². The van der Waals surface area contributed by atoms with Gasteiger partial charge in [-0.25, -0.2) is 9.59 Å². The van der Waals surface area contributed by atoms with Gasteiger partial charge in [0.15, 0.2) is 0 Å². The average Bonchev–Trinajstić information content (AvgIpc) is 2.42. The van der Waals surface area contributed by atoms with Gasteiger partial charge in [-0.05, 0) is 12.5 Å². The lowest BCUT2D eigenvalue weighted by Gasteiger charge is -2.19. The fourth-order valence-electron chi connectivity index (χ4n) is 1.59. The summed E-state index contributed by atoms with van der Waals surface area (Å²) in [5.74, 6) is -2.99. The molecular formula is C15H16O6. The first-order valence-corrected chi connectivity index (χ1v) is 6.13. The first-order chi connectivity index (χ1) is 9.82. The fraction of sp³-hybridized carbons (Fsp3) is 0.267. The number of esters is 2. The number of rotatable bonds is 6. The molecule has 1 N–H and O–H groups in total. The van der Waals surface area contributed by atoms with Crippen molar-refractivity contribution in [3.05, 3.63) is 48.0 Å². The molecule has 6 heteroatoms. The summed E-state index contributed by atoms with van der Waals surface area (Å²) in [5, 5.41) is 8.98. The molecule has 1 rings (SSSR count). The summed E-state index contributed by atoms with van der Waals surface area (Å²) < 4.78 is 9.80. The van der Waals surface area contributed by atoms with Crippen molar-refractivity contribution in [1.82, 2.24) is 0 Å². The number of carbonyl (C=O) groups excluding carboxylic acids is 2. The Morgan fingerprint density at radius 2 is 1.67 bits per heavy atom. The molecule has 0 saturated carbocycles. The van der Waals surface area contributed by atoms with E-state index < -0.39 is 30.1 Å². The Morgan fingerprint density at radius 1 is 1.10 bits per heavy atom. The van der Waals surface area contributed by atoms with Gasteiger partial charge in [-0.1, -0.05) is 36.9 Å². The van der Waals surface area contributed by atoms with Crippen LogP contribution in [0.3, 0.4) is 0 Å². The van der Waals surface area contributed by atoms with Crippen LogP contribution >= 0.6 is 0 Å². The topological polar surface area (TPSA) is 89.9 Å². The Morgan fingerprint density at radius 3 is 2.10 bits per heavy atom. The zero-order chi connectivity index (χ0) is 16.0.